The van der Waals surface area contributed by atoms with E-state index in [9.17, 15) is 4.79 Å². The highest BCUT2D eigenvalue weighted by atomic mass is 16.5. The highest BCUT2D eigenvalue weighted by molar-refractivity contribution is 5.75. The second-order valence-corrected chi connectivity index (χ2v) is 10.2. The maximum atomic E-state index is 12.7. The Hall–Kier alpha value is -3.51. The largest absolute Gasteiger partial charge is 0.489 e. The number of fused-ring (bicyclic) bond motifs is 1. The van der Waals surface area contributed by atoms with Gasteiger partial charge in [0.25, 0.3) is 0 Å². The molecule has 0 aliphatic carbocycles. The first-order valence-electron chi connectivity index (χ1n) is 13.6. The van der Waals surface area contributed by atoms with E-state index in [4.69, 9.17) is 15.2 Å². The molecular weight excluding hydrogens is 474 g/mol. The SMILES string of the molecule is CCOC(=O)C[C@@H](c1ccc(C)c(CN2Cc3ccccc3OC(CC)C2)c1)c1ccc(NC)c(N)c1C. The van der Waals surface area contributed by atoms with Gasteiger partial charge in [0.2, 0.25) is 0 Å². The fraction of sp³-hybridized carbons (Fsp3) is 0.406. The van der Waals surface area contributed by atoms with E-state index in [-0.39, 0.29) is 24.4 Å². The van der Waals surface area contributed by atoms with Crippen molar-refractivity contribution in [1.82, 2.24) is 4.90 Å². The standard InChI is InChI=1S/C32H41N3O3/c1-6-26-20-35(18-24-10-8-9-11-30(24)38-26)19-25-16-23(13-12-21(25)3)28(17-31(36)37-7-2)27-14-15-29(34-5)32(33)22(27)4/h8-16,26,28,34H,6-7,17-20,33H2,1-5H3/t26?,28-/m0/s1. The number of carbonyl (C=O) groups excluding carboxylic acids is 1. The van der Waals surface area contributed by atoms with E-state index in [1.54, 1.807) is 0 Å². The van der Waals surface area contributed by atoms with E-state index in [0.29, 0.717) is 12.3 Å². The number of hydrogen-bond acceptors (Lipinski definition) is 6. The summed E-state index contributed by atoms with van der Waals surface area (Å²) in [7, 11) is 1.86. The molecule has 1 aliphatic heterocycles. The van der Waals surface area contributed by atoms with Gasteiger partial charge in [-0.25, -0.2) is 0 Å². The zero-order valence-corrected chi connectivity index (χ0v) is 23.3. The molecule has 0 amide bonds. The van der Waals surface area contributed by atoms with Crippen molar-refractivity contribution in [2.45, 2.75) is 65.6 Å². The Morgan fingerprint density at radius 2 is 1.95 bits per heavy atom. The first kappa shape index (κ1) is 27.5. The van der Waals surface area contributed by atoms with Gasteiger partial charge in [-0.3, -0.25) is 9.69 Å². The normalized spacial score (nSPS) is 16.2. The number of nitrogens with zero attached hydrogens (tertiary/aromatic N) is 1. The van der Waals surface area contributed by atoms with Gasteiger partial charge in [-0.2, -0.15) is 0 Å². The molecule has 0 radical (unpaired) electrons. The minimum Gasteiger partial charge on any atom is -0.489 e. The van der Waals surface area contributed by atoms with Crippen LogP contribution in [0, 0.1) is 13.8 Å². The van der Waals surface area contributed by atoms with E-state index in [1.807, 2.05) is 33.0 Å². The number of aryl methyl sites for hydroxylation is 1. The number of anilines is 2. The molecule has 3 aromatic rings. The number of esters is 1. The zero-order chi connectivity index (χ0) is 27.2. The van der Waals surface area contributed by atoms with E-state index in [2.05, 4.69) is 66.5 Å². The number of nitrogens with one attached hydrogen (secondary N) is 1. The number of hydrogen-bond donors (Lipinski definition) is 2. The van der Waals surface area contributed by atoms with E-state index in [1.165, 1.54) is 16.7 Å². The molecule has 38 heavy (non-hydrogen) atoms. The van der Waals surface area contributed by atoms with Crippen LogP contribution in [0.3, 0.4) is 0 Å². The summed E-state index contributed by atoms with van der Waals surface area (Å²) in [4.78, 5) is 15.2. The number of benzene rings is 3. The maximum absolute atomic E-state index is 12.7. The summed E-state index contributed by atoms with van der Waals surface area (Å²) < 4.78 is 11.7. The summed E-state index contributed by atoms with van der Waals surface area (Å²) in [5.74, 6) is 0.625. The van der Waals surface area contributed by atoms with Crippen LogP contribution in [0.2, 0.25) is 0 Å². The molecule has 0 fully saturated rings. The summed E-state index contributed by atoms with van der Waals surface area (Å²) in [5.41, 5.74) is 14.9. The van der Waals surface area contributed by atoms with Crippen molar-refractivity contribution in [2.75, 3.05) is 31.2 Å². The Morgan fingerprint density at radius 1 is 1.16 bits per heavy atom. The first-order chi connectivity index (χ1) is 18.3. The molecule has 0 saturated carbocycles. The van der Waals surface area contributed by atoms with Crippen LogP contribution in [0.4, 0.5) is 11.4 Å². The molecule has 2 atom stereocenters. The predicted octanol–water partition coefficient (Wildman–Crippen LogP) is 6.19. The minimum atomic E-state index is -0.206. The lowest BCUT2D eigenvalue weighted by Crippen LogP contribution is -2.32. The van der Waals surface area contributed by atoms with Crippen molar-refractivity contribution in [1.29, 1.82) is 0 Å². The van der Waals surface area contributed by atoms with Gasteiger partial charge in [0.15, 0.2) is 0 Å². The van der Waals surface area contributed by atoms with Crippen molar-refractivity contribution >= 4 is 17.3 Å². The Bertz CT molecular complexity index is 1270. The highest BCUT2D eigenvalue weighted by Crippen LogP contribution is 2.37. The average Bonchev–Trinajstić information content (AvgIpc) is 3.09. The summed E-state index contributed by atoms with van der Waals surface area (Å²) in [6.45, 7) is 11.1. The molecule has 0 bridgehead atoms. The lowest BCUT2D eigenvalue weighted by molar-refractivity contribution is -0.143. The first-order valence-corrected chi connectivity index (χ1v) is 13.6. The second-order valence-electron chi connectivity index (χ2n) is 10.2. The third-order valence-electron chi connectivity index (χ3n) is 7.62. The molecule has 3 N–H and O–H groups in total. The van der Waals surface area contributed by atoms with Crippen LogP contribution in [-0.4, -0.2) is 37.2 Å². The Labute approximate surface area is 227 Å². The van der Waals surface area contributed by atoms with Gasteiger partial charge < -0.3 is 20.5 Å². The molecule has 0 aromatic heterocycles. The zero-order valence-electron chi connectivity index (χ0n) is 23.3. The Kier molecular flexibility index (Phi) is 8.95. The number of para-hydroxylation sites is 1. The lowest BCUT2D eigenvalue weighted by Gasteiger charge is -2.26. The third kappa shape index (κ3) is 6.13. The fourth-order valence-electron chi connectivity index (χ4n) is 5.35. The molecule has 1 heterocycles. The smallest absolute Gasteiger partial charge is 0.306 e. The number of nitrogen functional groups attached to an aromatic ring is 1. The molecule has 1 unspecified atom stereocenters. The van der Waals surface area contributed by atoms with Gasteiger partial charge >= 0.3 is 5.97 Å². The molecule has 6 heteroatoms. The van der Waals surface area contributed by atoms with Crippen LogP contribution in [0.25, 0.3) is 0 Å². The lowest BCUT2D eigenvalue weighted by atomic mass is 9.84. The minimum absolute atomic E-state index is 0.148. The summed E-state index contributed by atoms with van der Waals surface area (Å²) in [5, 5.41) is 3.15. The summed E-state index contributed by atoms with van der Waals surface area (Å²) >= 11 is 0. The second kappa shape index (κ2) is 12.4. The van der Waals surface area contributed by atoms with E-state index in [0.717, 1.165) is 54.2 Å². The monoisotopic (exact) mass is 515 g/mol. The van der Waals surface area contributed by atoms with Gasteiger partial charge in [-0.15, -0.1) is 0 Å². The quantitative estimate of drug-likeness (QED) is 0.262. The Balaban J connectivity index is 1.69. The maximum Gasteiger partial charge on any atom is 0.306 e. The van der Waals surface area contributed by atoms with E-state index < -0.39 is 0 Å². The molecule has 0 saturated heterocycles. The fourth-order valence-corrected chi connectivity index (χ4v) is 5.35. The van der Waals surface area contributed by atoms with E-state index >= 15 is 0 Å². The van der Waals surface area contributed by atoms with Crippen molar-refractivity contribution < 1.29 is 14.3 Å². The van der Waals surface area contributed by atoms with Crippen LogP contribution < -0.4 is 15.8 Å². The average molecular weight is 516 g/mol. The number of rotatable bonds is 9. The van der Waals surface area contributed by atoms with Crippen molar-refractivity contribution in [3.05, 3.63) is 88.0 Å². The van der Waals surface area contributed by atoms with Crippen LogP contribution >= 0.6 is 0 Å². The number of nitrogens with two attached hydrogens (primary N) is 1. The van der Waals surface area contributed by atoms with Gasteiger partial charge in [-0.05, 0) is 67.1 Å². The molecular formula is C32H41N3O3. The van der Waals surface area contributed by atoms with Crippen LogP contribution in [0.5, 0.6) is 5.75 Å². The molecule has 3 aromatic carbocycles. The molecule has 202 valence electrons. The molecule has 1 aliphatic rings. The van der Waals surface area contributed by atoms with Gasteiger partial charge in [0.1, 0.15) is 11.9 Å². The number of carbonyl (C=O) groups is 1. The predicted molar refractivity (Wildman–Crippen MR) is 155 cm³/mol. The van der Waals surface area contributed by atoms with Gasteiger partial charge in [-0.1, -0.05) is 49.4 Å². The van der Waals surface area contributed by atoms with Crippen molar-refractivity contribution in [2.24, 2.45) is 0 Å². The molecule has 6 nitrogen and oxygen atoms in total. The topological polar surface area (TPSA) is 76.8 Å². The number of ether oxygens (including phenoxy) is 2. The molecule has 4 rings (SSSR count). The van der Waals surface area contributed by atoms with Crippen LogP contribution in [0.15, 0.2) is 54.6 Å². The highest BCUT2D eigenvalue weighted by Gasteiger charge is 2.25. The summed E-state index contributed by atoms with van der Waals surface area (Å²) in [6.07, 6.45) is 1.36. The van der Waals surface area contributed by atoms with Gasteiger partial charge in [0.05, 0.1) is 24.4 Å². The van der Waals surface area contributed by atoms with Crippen molar-refractivity contribution in [3.8, 4) is 5.75 Å². The summed E-state index contributed by atoms with van der Waals surface area (Å²) in [6, 6.07) is 19.0. The Morgan fingerprint density at radius 3 is 2.68 bits per heavy atom. The van der Waals surface area contributed by atoms with Crippen molar-refractivity contribution in [3.63, 3.8) is 0 Å². The third-order valence-corrected chi connectivity index (χ3v) is 7.62. The van der Waals surface area contributed by atoms with Crippen LogP contribution in [-0.2, 0) is 22.6 Å². The van der Waals surface area contributed by atoms with Crippen LogP contribution in [0.1, 0.15) is 66.0 Å². The van der Waals surface area contributed by atoms with Gasteiger partial charge in [0, 0.05) is 38.2 Å². The molecule has 0 spiro atoms.